The summed E-state index contributed by atoms with van der Waals surface area (Å²) in [5.74, 6) is -1.29. The zero-order valence-corrected chi connectivity index (χ0v) is 28.0. The Morgan fingerprint density at radius 3 is 2.50 bits per heavy atom. The maximum atomic E-state index is 16.2. The van der Waals surface area contributed by atoms with Gasteiger partial charge in [-0.15, -0.1) is 0 Å². The minimum atomic E-state index is -3.46. The summed E-state index contributed by atoms with van der Waals surface area (Å²) < 4.78 is 22.9. The third kappa shape index (κ3) is 5.76. The van der Waals surface area contributed by atoms with Gasteiger partial charge in [0.1, 0.15) is 0 Å². The fourth-order valence-corrected chi connectivity index (χ4v) is 10.4. The molecule has 3 amide bonds. The minimum Gasteiger partial charge on any atom is -0.394 e. The number of ether oxygens (including phenoxy) is 1. The molecule has 0 radical (unpaired) electrons. The molecule has 5 atom stereocenters. The van der Waals surface area contributed by atoms with Gasteiger partial charge in [-0.05, 0) is 74.0 Å². The van der Waals surface area contributed by atoms with Crippen molar-refractivity contribution in [3.05, 3.63) is 94.5 Å². The first-order chi connectivity index (χ1) is 21.9. The van der Waals surface area contributed by atoms with E-state index in [1.807, 2.05) is 25.1 Å². The van der Waals surface area contributed by atoms with Crippen LogP contribution < -0.4 is 10.2 Å². The van der Waals surface area contributed by atoms with E-state index in [4.69, 9.17) is 16.3 Å². The standard InChI is InChI=1S/C35H39ClFN3O5Si/c1-22-32(46(2,3)37)30(19-31(42)39-17-7-10-27(39)21-41)45-35(22)28-18-25(36)13-16-29(28)40(34(35)44)20-23-11-14-26(15-12-23)38-33(43)24-8-5-4-6-9-24/h4-6,8-9,11-16,18,22,27,30,32,41H,7,10,17,19-21H2,1-3H3,(H,38,43)/t22-,27-,30+,32-,35+/m0/s1. The molecule has 3 aromatic rings. The van der Waals surface area contributed by atoms with E-state index in [0.717, 1.165) is 18.4 Å². The van der Waals surface area contributed by atoms with Crippen molar-refractivity contribution in [2.75, 3.05) is 23.4 Å². The van der Waals surface area contributed by atoms with Gasteiger partial charge in [0.25, 0.3) is 11.8 Å². The van der Waals surface area contributed by atoms with Crippen LogP contribution in [0.15, 0.2) is 72.8 Å². The molecular weight excluding hydrogens is 625 g/mol. The summed E-state index contributed by atoms with van der Waals surface area (Å²) in [5, 5.41) is 13.1. The summed E-state index contributed by atoms with van der Waals surface area (Å²) in [6, 6.07) is 21.2. The van der Waals surface area contributed by atoms with Gasteiger partial charge < -0.3 is 29.1 Å². The highest BCUT2D eigenvalue weighted by Gasteiger charge is 2.67. The quantitative estimate of drug-likeness (QED) is 0.218. The van der Waals surface area contributed by atoms with E-state index in [-0.39, 0.29) is 43.3 Å². The lowest BCUT2D eigenvalue weighted by atomic mass is 9.82. The van der Waals surface area contributed by atoms with Crippen LogP contribution in [0, 0.1) is 5.92 Å². The van der Waals surface area contributed by atoms with E-state index < -0.39 is 31.6 Å². The van der Waals surface area contributed by atoms with Gasteiger partial charge in [0, 0.05) is 39.8 Å². The molecule has 242 valence electrons. The summed E-state index contributed by atoms with van der Waals surface area (Å²) in [7, 11) is -3.46. The number of aliphatic hydroxyl groups is 1. The third-order valence-electron chi connectivity index (χ3n) is 9.80. The van der Waals surface area contributed by atoms with Gasteiger partial charge in [-0.2, -0.15) is 0 Å². The van der Waals surface area contributed by atoms with E-state index >= 15 is 4.11 Å². The Labute approximate surface area is 274 Å². The van der Waals surface area contributed by atoms with Crippen LogP contribution in [0.2, 0.25) is 23.7 Å². The molecule has 2 fully saturated rings. The fourth-order valence-electron chi connectivity index (χ4n) is 7.69. The average molecular weight is 664 g/mol. The van der Waals surface area contributed by atoms with Gasteiger partial charge in [0.2, 0.25) is 14.3 Å². The Morgan fingerprint density at radius 2 is 1.83 bits per heavy atom. The van der Waals surface area contributed by atoms with Crippen LogP contribution in [0.3, 0.4) is 0 Å². The fraction of sp³-hybridized carbons (Fsp3) is 0.400. The number of rotatable bonds is 8. The highest BCUT2D eigenvalue weighted by Crippen LogP contribution is 2.60. The molecule has 3 aromatic carbocycles. The number of hydrogen-bond acceptors (Lipinski definition) is 5. The second kappa shape index (κ2) is 12.6. The maximum Gasteiger partial charge on any atom is 0.264 e. The molecular formula is C35H39ClFN3O5Si. The number of nitrogens with zero attached hydrogens (tertiary/aromatic N) is 2. The Balaban J connectivity index is 1.28. The number of amides is 3. The van der Waals surface area contributed by atoms with E-state index in [1.54, 1.807) is 77.5 Å². The van der Waals surface area contributed by atoms with E-state index in [2.05, 4.69) is 5.32 Å². The summed E-state index contributed by atoms with van der Waals surface area (Å²) in [6.45, 7) is 5.70. The highest BCUT2D eigenvalue weighted by atomic mass is 35.5. The molecule has 46 heavy (non-hydrogen) atoms. The van der Waals surface area contributed by atoms with Gasteiger partial charge >= 0.3 is 0 Å². The average Bonchev–Trinajstić information content (AvgIpc) is 3.69. The molecule has 0 aromatic heterocycles. The van der Waals surface area contributed by atoms with E-state index in [9.17, 15) is 19.5 Å². The van der Waals surface area contributed by atoms with Crippen LogP contribution in [0.5, 0.6) is 0 Å². The monoisotopic (exact) mass is 663 g/mol. The zero-order chi connectivity index (χ0) is 32.8. The van der Waals surface area contributed by atoms with Crippen molar-refractivity contribution in [2.24, 2.45) is 5.92 Å². The smallest absolute Gasteiger partial charge is 0.264 e. The molecule has 0 saturated carbocycles. The van der Waals surface area contributed by atoms with Gasteiger partial charge in [-0.25, -0.2) is 0 Å². The van der Waals surface area contributed by atoms with Crippen LogP contribution in [0.25, 0.3) is 0 Å². The summed E-state index contributed by atoms with van der Waals surface area (Å²) in [5.41, 5.74) is 1.07. The first kappa shape index (κ1) is 32.4. The van der Waals surface area contributed by atoms with Gasteiger partial charge in [0.05, 0.1) is 37.4 Å². The first-order valence-corrected chi connectivity index (χ1v) is 19.1. The van der Waals surface area contributed by atoms with Crippen LogP contribution >= 0.6 is 11.6 Å². The van der Waals surface area contributed by atoms with Gasteiger partial charge in [-0.1, -0.05) is 48.9 Å². The number of benzene rings is 3. The lowest BCUT2D eigenvalue weighted by molar-refractivity contribution is -0.150. The van der Waals surface area contributed by atoms with Crippen molar-refractivity contribution in [3.8, 4) is 0 Å². The predicted molar refractivity (Wildman–Crippen MR) is 178 cm³/mol. The molecule has 6 rings (SSSR count). The number of halogens is 2. The third-order valence-corrected chi connectivity index (χ3v) is 12.5. The molecule has 11 heteroatoms. The molecule has 0 aliphatic carbocycles. The second-order valence-electron chi connectivity index (χ2n) is 13.1. The summed E-state index contributed by atoms with van der Waals surface area (Å²) in [6.07, 6.45) is 0.653. The van der Waals surface area contributed by atoms with Crippen molar-refractivity contribution in [1.82, 2.24) is 4.90 Å². The van der Waals surface area contributed by atoms with Gasteiger partial charge in [-0.3, -0.25) is 14.4 Å². The number of fused-ring (bicyclic) bond motifs is 2. The topological polar surface area (TPSA) is 99.2 Å². The van der Waals surface area contributed by atoms with Crippen molar-refractivity contribution in [3.63, 3.8) is 0 Å². The normalized spacial score (nSPS) is 25.7. The molecule has 2 saturated heterocycles. The van der Waals surface area contributed by atoms with Crippen LogP contribution in [0.1, 0.15) is 47.7 Å². The molecule has 0 unspecified atom stereocenters. The zero-order valence-electron chi connectivity index (χ0n) is 26.2. The maximum absolute atomic E-state index is 16.2. The summed E-state index contributed by atoms with van der Waals surface area (Å²) >= 11 is 6.49. The van der Waals surface area contributed by atoms with Crippen LogP contribution in [-0.2, 0) is 26.5 Å². The van der Waals surface area contributed by atoms with Crippen LogP contribution in [0.4, 0.5) is 15.5 Å². The lowest BCUT2D eigenvalue weighted by Gasteiger charge is -2.31. The SMILES string of the molecule is C[C@H]1[C@H]([Si](C)(C)F)[C@@H](CC(=O)N2CCC[C@H]2CO)O[C@]12C(=O)N(Cc1ccc(NC(=O)c3ccccc3)cc1)c1ccc(Cl)cc12. The number of nitrogens with one attached hydrogen (secondary N) is 1. The van der Waals surface area contributed by atoms with Gasteiger partial charge in [0.15, 0.2) is 5.60 Å². The number of anilines is 2. The van der Waals surface area contributed by atoms with Crippen molar-refractivity contribution >= 4 is 49.1 Å². The molecule has 3 aliphatic heterocycles. The molecule has 3 heterocycles. The number of carbonyl (C=O) groups excluding carboxylic acids is 3. The van der Waals surface area contributed by atoms with Crippen molar-refractivity contribution in [1.29, 1.82) is 0 Å². The number of hydrogen-bond donors (Lipinski definition) is 2. The number of aliphatic hydroxyl groups excluding tert-OH is 1. The molecule has 2 N–H and O–H groups in total. The van der Waals surface area contributed by atoms with Crippen molar-refractivity contribution < 1.29 is 28.3 Å². The molecule has 3 aliphatic rings. The second-order valence-corrected chi connectivity index (χ2v) is 17.3. The largest absolute Gasteiger partial charge is 0.394 e. The predicted octanol–water partition coefficient (Wildman–Crippen LogP) is 6.29. The Bertz CT molecular complexity index is 1640. The lowest BCUT2D eigenvalue weighted by Crippen LogP contribution is -2.45. The van der Waals surface area contributed by atoms with E-state index in [1.165, 1.54) is 0 Å². The molecule has 8 nitrogen and oxygen atoms in total. The molecule has 0 bridgehead atoms. The van der Waals surface area contributed by atoms with Crippen LogP contribution in [-0.4, -0.2) is 61.4 Å². The minimum absolute atomic E-state index is 0.0626. The van der Waals surface area contributed by atoms with Crippen molar-refractivity contribution in [2.45, 2.75) is 69.1 Å². The van der Waals surface area contributed by atoms with E-state index in [0.29, 0.717) is 34.1 Å². The number of likely N-dealkylation sites (tertiary alicyclic amines) is 1. The Kier molecular flexibility index (Phi) is 8.84. The number of carbonyl (C=O) groups is 3. The highest BCUT2D eigenvalue weighted by molar-refractivity contribution is 6.72. The summed E-state index contributed by atoms with van der Waals surface area (Å²) in [4.78, 5) is 44.0. The first-order valence-electron chi connectivity index (χ1n) is 15.8. The Hall–Kier alpha value is -3.57. The Morgan fingerprint density at radius 1 is 1.11 bits per heavy atom. The molecule has 1 spiro atoms.